The first-order valence-corrected chi connectivity index (χ1v) is 6.38. The van der Waals surface area contributed by atoms with Gasteiger partial charge in [0.25, 0.3) is 0 Å². The summed E-state index contributed by atoms with van der Waals surface area (Å²) in [6, 6.07) is 12.7. The second-order valence-electron chi connectivity index (χ2n) is 4.86. The highest BCUT2D eigenvalue weighted by Crippen LogP contribution is 2.21. The summed E-state index contributed by atoms with van der Waals surface area (Å²) in [5.74, 6) is -0.458. The number of nitrogens with two attached hydrogens (primary N) is 1. The summed E-state index contributed by atoms with van der Waals surface area (Å²) in [5.41, 5.74) is 8.56. The van der Waals surface area contributed by atoms with Gasteiger partial charge in [0.15, 0.2) is 0 Å². The lowest BCUT2D eigenvalue weighted by atomic mass is 10.1. The molecule has 0 aliphatic heterocycles. The van der Waals surface area contributed by atoms with Crippen LogP contribution in [0.3, 0.4) is 0 Å². The summed E-state index contributed by atoms with van der Waals surface area (Å²) in [6.07, 6.45) is 0. The van der Waals surface area contributed by atoms with Crippen LogP contribution in [0.5, 0.6) is 0 Å². The van der Waals surface area contributed by atoms with Gasteiger partial charge in [0.05, 0.1) is 0 Å². The van der Waals surface area contributed by atoms with Crippen LogP contribution in [0.2, 0.25) is 0 Å². The van der Waals surface area contributed by atoms with Crippen molar-refractivity contribution in [2.45, 2.75) is 13.5 Å². The Bertz CT molecular complexity index is 637. The highest BCUT2D eigenvalue weighted by molar-refractivity contribution is 5.94. The quantitative estimate of drug-likeness (QED) is 0.663. The summed E-state index contributed by atoms with van der Waals surface area (Å²) in [5, 5.41) is 7.31. The lowest BCUT2D eigenvalue weighted by molar-refractivity contribution is 0.607. The fourth-order valence-electron chi connectivity index (χ4n) is 2.18. The molecular formula is C16H18FN3. The minimum absolute atomic E-state index is 0.122. The number of hydrogen-bond acceptors (Lipinski definition) is 2. The van der Waals surface area contributed by atoms with Crippen LogP contribution in [-0.4, -0.2) is 12.9 Å². The minimum atomic E-state index is -0.335. The molecule has 3 N–H and O–H groups in total. The molecule has 0 spiro atoms. The monoisotopic (exact) mass is 271 g/mol. The van der Waals surface area contributed by atoms with Crippen LogP contribution in [-0.2, 0) is 6.54 Å². The van der Waals surface area contributed by atoms with Crippen molar-refractivity contribution < 1.29 is 4.39 Å². The van der Waals surface area contributed by atoms with Crippen molar-refractivity contribution in [2.75, 3.05) is 11.9 Å². The van der Waals surface area contributed by atoms with Gasteiger partial charge in [-0.1, -0.05) is 30.3 Å². The summed E-state index contributed by atoms with van der Waals surface area (Å²) < 4.78 is 14.0. The molecule has 0 radical (unpaired) electrons. The van der Waals surface area contributed by atoms with Crippen molar-refractivity contribution in [3.63, 3.8) is 0 Å². The molecule has 0 bridgehead atoms. The third kappa shape index (κ3) is 2.96. The molecule has 2 aromatic rings. The van der Waals surface area contributed by atoms with Gasteiger partial charge in [0.1, 0.15) is 11.7 Å². The predicted molar refractivity (Wildman–Crippen MR) is 80.7 cm³/mol. The SMILES string of the molecule is Cc1ccccc1N(C)Cc1ccc(C(=N)N)cc1F. The first-order valence-electron chi connectivity index (χ1n) is 6.38. The van der Waals surface area contributed by atoms with E-state index in [4.69, 9.17) is 11.1 Å². The lowest BCUT2D eigenvalue weighted by Gasteiger charge is -2.22. The summed E-state index contributed by atoms with van der Waals surface area (Å²) >= 11 is 0. The van der Waals surface area contributed by atoms with E-state index in [-0.39, 0.29) is 11.7 Å². The average Bonchev–Trinajstić information content (AvgIpc) is 2.41. The molecule has 20 heavy (non-hydrogen) atoms. The maximum atomic E-state index is 14.0. The van der Waals surface area contributed by atoms with E-state index in [0.29, 0.717) is 17.7 Å². The average molecular weight is 271 g/mol. The Kier molecular flexibility index (Phi) is 4.03. The number of anilines is 1. The number of amidine groups is 1. The second-order valence-corrected chi connectivity index (χ2v) is 4.86. The Morgan fingerprint density at radius 2 is 1.95 bits per heavy atom. The van der Waals surface area contributed by atoms with Crippen molar-refractivity contribution in [3.8, 4) is 0 Å². The van der Waals surface area contributed by atoms with Crippen LogP contribution in [0, 0.1) is 18.2 Å². The van der Waals surface area contributed by atoms with E-state index in [1.807, 2.05) is 43.1 Å². The van der Waals surface area contributed by atoms with Crippen LogP contribution in [0.1, 0.15) is 16.7 Å². The first-order chi connectivity index (χ1) is 9.49. The molecule has 0 heterocycles. The molecule has 2 aromatic carbocycles. The van der Waals surface area contributed by atoms with E-state index in [1.54, 1.807) is 12.1 Å². The lowest BCUT2D eigenvalue weighted by Crippen LogP contribution is -2.19. The van der Waals surface area contributed by atoms with E-state index >= 15 is 0 Å². The molecule has 0 saturated heterocycles. The van der Waals surface area contributed by atoms with E-state index in [1.165, 1.54) is 6.07 Å². The fraction of sp³-hybridized carbons (Fsp3) is 0.188. The first kappa shape index (κ1) is 14.1. The van der Waals surface area contributed by atoms with Crippen molar-refractivity contribution in [1.29, 1.82) is 5.41 Å². The van der Waals surface area contributed by atoms with Gasteiger partial charge in [-0.15, -0.1) is 0 Å². The number of nitrogens with zero attached hydrogens (tertiary/aromatic N) is 1. The Hall–Kier alpha value is -2.36. The predicted octanol–water partition coefficient (Wildman–Crippen LogP) is 3.05. The summed E-state index contributed by atoms with van der Waals surface area (Å²) in [7, 11) is 1.93. The van der Waals surface area contributed by atoms with Gasteiger partial charge in [-0.25, -0.2) is 4.39 Å². The number of para-hydroxylation sites is 1. The van der Waals surface area contributed by atoms with E-state index in [0.717, 1.165) is 11.3 Å². The molecule has 0 saturated carbocycles. The van der Waals surface area contributed by atoms with Gasteiger partial charge < -0.3 is 10.6 Å². The molecule has 104 valence electrons. The van der Waals surface area contributed by atoms with E-state index in [2.05, 4.69) is 0 Å². The second kappa shape index (κ2) is 5.74. The molecule has 2 rings (SSSR count). The van der Waals surface area contributed by atoms with Crippen LogP contribution in [0.15, 0.2) is 42.5 Å². The number of benzene rings is 2. The third-order valence-electron chi connectivity index (χ3n) is 3.30. The number of hydrogen-bond donors (Lipinski definition) is 2. The Balaban J connectivity index is 2.22. The van der Waals surface area contributed by atoms with Crippen LogP contribution in [0.4, 0.5) is 10.1 Å². The number of aryl methyl sites for hydroxylation is 1. The molecule has 0 unspecified atom stereocenters. The van der Waals surface area contributed by atoms with Gasteiger partial charge in [-0.3, -0.25) is 5.41 Å². The summed E-state index contributed by atoms with van der Waals surface area (Å²) in [6.45, 7) is 2.50. The largest absolute Gasteiger partial charge is 0.384 e. The smallest absolute Gasteiger partial charge is 0.128 e. The maximum absolute atomic E-state index is 14.0. The molecule has 0 amide bonds. The molecule has 4 heteroatoms. The van der Waals surface area contributed by atoms with Crippen LogP contribution < -0.4 is 10.6 Å². The molecule has 3 nitrogen and oxygen atoms in total. The standard InChI is InChI=1S/C16H18FN3/c1-11-5-3-4-6-15(11)20(2)10-13-8-7-12(16(18)19)9-14(13)17/h3-9H,10H2,1-2H3,(H3,18,19). The fourth-order valence-corrected chi connectivity index (χ4v) is 2.18. The topological polar surface area (TPSA) is 53.1 Å². The highest BCUT2D eigenvalue weighted by Gasteiger charge is 2.09. The third-order valence-corrected chi connectivity index (χ3v) is 3.30. The van der Waals surface area contributed by atoms with Gasteiger partial charge >= 0.3 is 0 Å². The van der Waals surface area contributed by atoms with Gasteiger partial charge in [0.2, 0.25) is 0 Å². The van der Waals surface area contributed by atoms with Gasteiger partial charge in [0, 0.05) is 30.4 Å². The Morgan fingerprint density at radius 3 is 2.55 bits per heavy atom. The van der Waals surface area contributed by atoms with Crippen molar-refractivity contribution >= 4 is 11.5 Å². The molecular weight excluding hydrogens is 253 g/mol. The zero-order chi connectivity index (χ0) is 14.7. The number of nitrogen functional groups attached to an aromatic ring is 1. The highest BCUT2D eigenvalue weighted by atomic mass is 19.1. The molecule has 0 fully saturated rings. The molecule has 0 aliphatic rings. The van der Waals surface area contributed by atoms with Crippen molar-refractivity contribution in [3.05, 3.63) is 65.0 Å². The molecule has 0 atom stereocenters. The van der Waals surface area contributed by atoms with Crippen LogP contribution in [0.25, 0.3) is 0 Å². The Labute approximate surface area is 118 Å². The number of nitrogens with one attached hydrogen (secondary N) is 1. The van der Waals surface area contributed by atoms with Gasteiger partial charge in [-0.05, 0) is 24.6 Å². The van der Waals surface area contributed by atoms with Crippen molar-refractivity contribution in [2.24, 2.45) is 5.73 Å². The van der Waals surface area contributed by atoms with Crippen LogP contribution >= 0.6 is 0 Å². The van der Waals surface area contributed by atoms with Gasteiger partial charge in [-0.2, -0.15) is 0 Å². The number of rotatable bonds is 4. The van der Waals surface area contributed by atoms with E-state index < -0.39 is 0 Å². The zero-order valence-corrected chi connectivity index (χ0v) is 11.7. The summed E-state index contributed by atoms with van der Waals surface area (Å²) in [4.78, 5) is 2.00. The Morgan fingerprint density at radius 1 is 1.25 bits per heavy atom. The number of halogens is 1. The zero-order valence-electron chi connectivity index (χ0n) is 11.7. The molecule has 0 aliphatic carbocycles. The maximum Gasteiger partial charge on any atom is 0.128 e. The van der Waals surface area contributed by atoms with E-state index in [9.17, 15) is 4.39 Å². The minimum Gasteiger partial charge on any atom is -0.384 e. The molecule has 0 aromatic heterocycles. The van der Waals surface area contributed by atoms with Crippen molar-refractivity contribution in [1.82, 2.24) is 0 Å². The normalized spacial score (nSPS) is 10.3.